The van der Waals surface area contributed by atoms with Gasteiger partial charge in [-0.25, -0.2) is 4.79 Å². The molecule has 0 bridgehead atoms. The van der Waals surface area contributed by atoms with Crippen molar-refractivity contribution in [3.05, 3.63) is 0 Å². The lowest BCUT2D eigenvalue weighted by atomic mass is 10.0. The van der Waals surface area contributed by atoms with Gasteiger partial charge in [0.15, 0.2) is 0 Å². The summed E-state index contributed by atoms with van der Waals surface area (Å²) in [5.74, 6) is 0.0863. The van der Waals surface area contributed by atoms with E-state index in [1.807, 2.05) is 13.2 Å². The van der Waals surface area contributed by atoms with Gasteiger partial charge in [0, 0.05) is 32.3 Å². The number of carboxylic acids is 1. The molecule has 0 saturated carbocycles. The maximum Gasteiger partial charge on any atom is 0.317 e. The Morgan fingerprint density at radius 1 is 1.47 bits per heavy atom. The van der Waals surface area contributed by atoms with E-state index < -0.39 is 5.97 Å². The quantitative estimate of drug-likeness (QED) is 0.695. The second-order valence-electron chi connectivity index (χ2n) is 3.97. The van der Waals surface area contributed by atoms with Crippen LogP contribution in [0.3, 0.4) is 0 Å². The average Bonchev–Trinajstić information content (AvgIpc) is 2.30. The zero-order chi connectivity index (χ0) is 13.3. The molecule has 0 aromatic rings. The number of carbonyl (C=O) groups excluding carboxylic acids is 1. The van der Waals surface area contributed by atoms with E-state index in [2.05, 4.69) is 5.32 Å². The van der Waals surface area contributed by atoms with Crippen LogP contribution in [0, 0.1) is 5.92 Å². The van der Waals surface area contributed by atoms with Crippen molar-refractivity contribution >= 4 is 23.8 Å². The van der Waals surface area contributed by atoms with Crippen molar-refractivity contribution in [3.8, 4) is 0 Å². The smallest absolute Gasteiger partial charge is 0.317 e. The normalized spacial score (nSPS) is 11.9. The highest BCUT2D eigenvalue weighted by molar-refractivity contribution is 7.98. The van der Waals surface area contributed by atoms with E-state index in [0.29, 0.717) is 13.1 Å². The monoisotopic (exact) mass is 262 g/mol. The van der Waals surface area contributed by atoms with Gasteiger partial charge in [-0.3, -0.25) is 4.79 Å². The minimum atomic E-state index is -0.818. The Bertz CT molecular complexity index is 249. The van der Waals surface area contributed by atoms with E-state index in [9.17, 15) is 9.59 Å². The maximum absolute atomic E-state index is 11.6. The molecule has 0 saturated heterocycles. The largest absolute Gasteiger partial charge is 0.481 e. The Hall–Kier alpha value is -0.910. The van der Waals surface area contributed by atoms with Gasteiger partial charge in [-0.1, -0.05) is 13.3 Å². The number of hydrogen-bond acceptors (Lipinski definition) is 3. The summed E-state index contributed by atoms with van der Waals surface area (Å²) in [6.07, 6.45) is 2.85. The van der Waals surface area contributed by atoms with Gasteiger partial charge in [-0.05, 0) is 12.2 Å². The molecule has 0 aliphatic heterocycles. The fraction of sp³-hybridized carbons (Fsp3) is 0.818. The molecule has 6 heteroatoms. The number of rotatable bonds is 8. The summed E-state index contributed by atoms with van der Waals surface area (Å²) < 4.78 is 0. The number of hydrogen-bond donors (Lipinski definition) is 2. The molecule has 0 spiro atoms. The number of nitrogens with one attached hydrogen (secondary N) is 1. The number of amides is 2. The molecule has 1 unspecified atom stereocenters. The molecule has 0 aliphatic carbocycles. The van der Waals surface area contributed by atoms with Crippen LogP contribution in [0.15, 0.2) is 0 Å². The third kappa shape index (κ3) is 7.90. The first-order valence-corrected chi connectivity index (χ1v) is 7.10. The summed E-state index contributed by atoms with van der Waals surface area (Å²) in [7, 11) is 1.74. The van der Waals surface area contributed by atoms with Crippen LogP contribution in [0.2, 0.25) is 0 Å². The van der Waals surface area contributed by atoms with Crippen LogP contribution in [0.4, 0.5) is 4.79 Å². The van der Waals surface area contributed by atoms with Gasteiger partial charge in [-0.15, -0.1) is 0 Å². The number of nitrogens with zero attached hydrogens (tertiary/aromatic N) is 1. The van der Waals surface area contributed by atoms with Crippen LogP contribution < -0.4 is 5.32 Å². The molecule has 0 rings (SSSR count). The first-order chi connectivity index (χ1) is 8.01. The van der Waals surface area contributed by atoms with Gasteiger partial charge in [-0.2, -0.15) is 11.8 Å². The molecule has 1 atom stereocenters. The molecule has 100 valence electrons. The zero-order valence-corrected chi connectivity index (χ0v) is 11.5. The van der Waals surface area contributed by atoms with E-state index in [1.54, 1.807) is 23.7 Å². The Balaban J connectivity index is 3.90. The van der Waals surface area contributed by atoms with Crippen LogP contribution in [-0.2, 0) is 4.79 Å². The van der Waals surface area contributed by atoms with Crippen molar-refractivity contribution < 1.29 is 14.7 Å². The first-order valence-electron chi connectivity index (χ1n) is 5.70. The lowest BCUT2D eigenvalue weighted by molar-refractivity contribution is -0.138. The number of urea groups is 1. The number of aliphatic carboxylic acids is 1. The van der Waals surface area contributed by atoms with Gasteiger partial charge in [0.25, 0.3) is 0 Å². The van der Waals surface area contributed by atoms with Crippen LogP contribution in [0.25, 0.3) is 0 Å². The fourth-order valence-electron chi connectivity index (χ4n) is 1.30. The summed E-state index contributed by atoms with van der Waals surface area (Å²) in [5.41, 5.74) is 0. The number of thioether (sulfide) groups is 1. The summed E-state index contributed by atoms with van der Waals surface area (Å²) in [6, 6.07) is -0.136. The van der Waals surface area contributed by atoms with E-state index in [1.165, 1.54) is 0 Å². The van der Waals surface area contributed by atoms with Crippen molar-refractivity contribution in [2.75, 3.05) is 32.1 Å². The highest BCUT2D eigenvalue weighted by Crippen LogP contribution is 2.06. The lowest BCUT2D eigenvalue weighted by Gasteiger charge is -2.19. The van der Waals surface area contributed by atoms with Crippen LogP contribution in [-0.4, -0.2) is 54.2 Å². The third-order valence-corrected chi connectivity index (χ3v) is 3.15. The van der Waals surface area contributed by atoms with Crippen LogP contribution >= 0.6 is 11.8 Å². The van der Waals surface area contributed by atoms with Gasteiger partial charge < -0.3 is 15.3 Å². The fourth-order valence-corrected chi connectivity index (χ4v) is 1.76. The molecule has 0 aliphatic rings. The predicted octanol–water partition coefficient (Wildman–Crippen LogP) is 1.49. The molecule has 5 nitrogen and oxygen atoms in total. The zero-order valence-electron chi connectivity index (χ0n) is 10.7. The number of carboxylic acid groups (broad SMARTS) is 1. The predicted molar refractivity (Wildman–Crippen MR) is 70.4 cm³/mol. The van der Waals surface area contributed by atoms with E-state index in [0.717, 1.165) is 12.2 Å². The molecular weight excluding hydrogens is 240 g/mol. The minimum absolute atomic E-state index is 0.00500. The topological polar surface area (TPSA) is 69.6 Å². The van der Waals surface area contributed by atoms with Crippen molar-refractivity contribution in [1.29, 1.82) is 0 Å². The summed E-state index contributed by atoms with van der Waals surface area (Å²) in [6.45, 7) is 3.05. The second-order valence-corrected chi connectivity index (χ2v) is 4.96. The molecule has 0 fully saturated rings. The highest BCUT2D eigenvalue weighted by atomic mass is 32.2. The first kappa shape index (κ1) is 16.1. The Kier molecular flexibility index (Phi) is 8.66. The molecule has 0 radical (unpaired) electrons. The number of carbonyl (C=O) groups is 2. The summed E-state index contributed by atoms with van der Waals surface area (Å²) in [5, 5.41) is 11.4. The molecule has 0 heterocycles. The highest BCUT2D eigenvalue weighted by Gasteiger charge is 2.14. The van der Waals surface area contributed by atoms with Gasteiger partial charge in [0.1, 0.15) is 0 Å². The standard InChI is InChI=1S/C11H22N2O3S/c1-4-9(7-10(14)15)8-12-11(16)13(2)5-6-17-3/h9H,4-8H2,1-3H3,(H,12,16)(H,14,15). The summed E-state index contributed by atoms with van der Waals surface area (Å²) in [4.78, 5) is 23.8. The van der Waals surface area contributed by atoms with E-state index in [-0.39, 0.29) is 18.4 Å². The molecule has 17 heavy (non-hydrogen) atoms. The second kappa shape index (κ2) is 9.15. The molecule has 2 amide bonds. The minimum Gasteiger partial charge on any atom is -0.481 e. The average molecular weight is 262 g/mol. The maximum atomic E-state index is 11.6. The molecular formula is C11H22N2O3S. The SMILES string of the molecule is CCC(CNC(=O)N(C)CCSC)CC(=O)O. The van der Waals surface area contributed by atoms with Gasteiger partial charge >= 0.3 is 12.0 Å². The van der Waals surface area contributed by atoms with Crippen molar-refractivity contribution in [1.82, 2.24) is 10.2 Å². The summed E-state index contributed by atoms with van der Waals surface area (Å²) >= 11 is 1.69. The van der Waals surface area contributed by atoms with Crippen LogP contribution in [0.1, 0.15) is 19.8 Å². The van der Waals surface area contributed by atoms with Crippen molar-refractivity contribution in [2.45, 2.75) is 19.8 Å². The Morgan fingerprint density at radius 3 is 2.59 bits per heavy atom. The molecule has 0 aromatic heterocycles. The van der Waals surface area contributed by atoms with E-state index >= 15 is 0 Å². The van der Waals surface area contributed by atoms with E-state index in [4.69, 9.17) is 5.11 Å². The lowest BCUT2D eigenvalue weighted by Crippen LogP contribution is -2.40. The van der Waals surface area contributed by atoms with Crippen LogP contribution in [0.5, 0.6) is 0 Å². The Morgan fingerprint density at radius 2 is 2.12 bits per heavy atom. The van der Waals surface area contributed by atoms with Gasteiger partial charge in [0.2, 0.25) is 0 Å². The van der Waals surface area contributed by atoms with Gasteiger partial charge in [0.05, 0.1) is 0 Å². The Labute approximate surface area is 107 Å². The van der Waals surface area contributed by atoms with Crippen molar-refractivity contribution in [3.63, 3.8) is 0 Å². The third-order valence-electron chi connectivity index (χ3n) is 2.56. The molecule has 2 N–H and O–H groups in total. The van der Waals surface area contributed by atoms with Crippen molar-refractivity contribution in [2.24, 2.45) is 5.92 Å². The molecule has 0 aromatic carbocycles.